The van der Waals surface area contributed by atoms with Gasteiger partial charge in [-0.25, -0.2) is 4.39 Å². The lowest BCUT2D eigenvalue weighted by molar-refractivity contribution is -0.130. The third-order valence-corrected chi connectivity index (χ3v) is 4.67. The highest BCUT2D eigenvalue weighted by atomic mass is 19.1. The van der Waals surface area contributed by atoms with Gasteiger partial charge in [-0.2, -0.15) is 0 Å². The number of hydrogen-bond acceptors (Lipinski definition) is 2. The van der Waals surface area contributed by atoms with Crippen molar-refractivity contribution in [1.29, 1.82) is 0 Å². The first-order chi connectivity index (χ1) is 10.6. The van der Waals surface area contributed by atoms with E-state index >= 15 is 0 Å². The molecule has 2 fully saturated rings. The summed E-state index contributed by atoms with van der Waals surface area (Å²) in [6.45, 7) is 0.909. The van der Waals surface area contributed by atoms with Crippen LogP contribution in [0.2, 0.25) is 0 Å². The Hall–Kier alpha value is -1.91. The maximum atomic E-state index is 12.8. The summed E-state index contributed by atoms with van der Waals surface area (Å²) >= 11 is 0. The van der Waals surface area contributed by atoms with Crippen molar-refractivity contribution in [3.8, 4) is 0 Å². The van der Waals surface area contributed by atoms with Crippen LogP contribution in [0, 0.1) is 11.7 Å². The highest BCUT2D eigenvalue weighted by Gasteiger charge is 2.38. The monoisotopic (exact) mass is 304 g/mol. The predicted molar refractivity (Wildman–Crippen MR) is 80.3 cm³/mol. The third kappa shape index (κ3) is 3.29. The van der Waals surface area contributed by atoms with Crippen LogP contribution < -0.4 is 5.32 Å². The molecule has 2 aliphatic rings. The number of nitrogens with zero attached hydrogens (tertiary/aromatic N) is 1. The predicted octanol–water partition coefficient (Wildman–Crippen LogP) is 2.23. The second kappa shape index (κ2) is 6.46. The summed E-state index contributed by atoms with van der Waals surface area (Å²) < 4.78 is 12.8. The Morgan fingerprint density at radius 3 is 2.59 bits per heavy atom. The highest BCUT2D eigenvalue weighted by Crippen LogP contribution is 2.29. The van der Waals surface area contributed by atoms with Gasteiger partial charge in [0.2, 0.25) is 11.8 Å². The lowest BCUT2D eigenvalue weighted by atomic mass is 10.1. The van der Waals surface area contributed by atoms with Crippen LogP contribution in [0.1, 0.15) is 37.7 Å². The quantitative estimate of drug-likeness (QED) is 0.927. The molecule has 1 saturated carbocycles. The van der Waals surface area contributed by atoms with Crippen LogP contribution in [0.25, 0.3) is 0 Å². The van der Waals surface area contributed by atoms with E-state index < -0.39 is 0 Å². The molecular formula is C17H21FN2O2. The molecule has 1 aromatic carbocycles. The first-order valence-corrected chi connectivity index (χ1v) is 7.95. The van der Waals surface area contributed by atoms with E-state index in [2.05, 4.69) is 5.32 Å². The SMILES string of the molecule is O=C(NCc1ccc(F)cc1)[C@@H]1CC(=O)N(C2CCCC2)C1. The zero-order chi connectivity index (χ0) is 15.5. The van der Waals surface area contributed by atoms with E-state index in [1.54, 1.807) is 12.1 Å². The standard InChI is InChI=1S/C17H21FN2O2/c18-14-7-5-12(6-8-14)10-19-17(22)13-9-16(21)20(11-13)15-3-1-2-4-15/h5-8,13,15H,1-4,9-11H2,(H,19,22)/t13-/m1/s1. The molecule has 2 amide bonds. The molecule has 22 heavy (non-hydrogen) atoms. The summed E-state index contributed by atoms with van der Waals surface area (Å²) in [5.41, 5.74) is 0.853. The van der Waals surface area contributed by atoms with Crippen LogP contribution in [0.5, 0.6) is 0 Å². The fraction of sp³-hybridized carbons (Fsp3) is 0.529. The fourth-order valence-corrected chi connectivity index (χ4v) is 3.41. The number of carbonyl (C=O) groups excluding carboxylic acids is 2. The van der Waals surface area contributed by atoms with Crippen LogP contribution in [-0.4, -0.2) is 29.3 Å². The number of halogens is 1. The largest absolute Gasteiger partial charge is 0.352 e. The Morgan fingerprint density at radius 2 is 1.91 bits per heavy atom. The summed E-state index contributed by atoms with van der Waals surface area (Å²) in [5, 5.41) is 2.85. The number of rotatable bonds is 4. The van der Waals surface area contributed by atoms with E-state index in [0.29, 0.717) is 25.6 Å². The maximum absolute atomic E-state index is 12.8. The van der Waals surface area contributed by atoms with Crippen molar-refractivity contribution in [2.45, 2.75) is 44.7 Å². The van der Waals surface area contributed by atoms with Gasteiger partial charge < -0.3 is 10.2 Å². The van der Waals surface area contributed by atoms with Crippen molar-refractivity contribution in [3.05, 3.63) is 35.6 Å². The van der Waals surface area contributed by atoms with Crippen molar-refractivity contribution in [2.24, 2.45) is 5.92 Å². The minimum atomic E-state index is -0.288. The third-order valence-electron chi connectivity index (χ3n) is 4.67. The number of amides is 2. The zero-order valence-electron chi connectivity index (χ0n) is 12.6. The average Bonchev–Trinajstić information content (AvgIpc) is 3.15. The molecule has 4 nitrogen and oxygen atoms in total. The van der Waals surface area contributed by atoms with E-state index in [9.17, 15) is 14.0 Å². The minimum Gasteiger partial charge on any atom is -0.352 e. The van der Waals surface area contributed by atoms with Gasteiger partial charge in [0, 0.05) is 25.6 Å². The average molecular weight is 304 g/mol. The van der Waals surface area contributed by atoms with Gasteiger partial charge >= 0.3 is 0 Å². The van der Waals surface area contributed by atoms with Crippen LogP contribution >= 0.6 is 0 Å². The van der Waals surface area contributed by atoms with Crippen molar-refractivity contribution in [3.63, 3.8) is 0 Å². The van der Waals surface area contributed by atoms with E-state index in [4.69, 9.17) is 0 Å². The Kier molecular flexibility index (Phi) is 4.41. The Labute approximate surface area is 129 Å². The number of hydrogen-bond donors (Lipinski definition) is 1. The molecule has 1 aliphatic heterocycles. The van der Waals surface area contributed by atoms with Gasteiger partial charge in [0.1, 0.15) is 5.82 Å². The van der Waals surface area contributed by atoms with Crippen LogP contribution in [0.15, 0.2) is 24.3 Å². The van der Waals surface area contributed by atoms with Crippen molar-refractivity contribution in [2.75, 3.05) is 6.54 Å². The highest BCUT2D eigenvalue weighted by molar-refractivity contribution is 5.89. The lowest BCUT2D eigenvalue weighted by Crippen LogP contribution is -2.36. The van der Waals surface area contributed by atoms with Gasteiger partial charge in [-0.15, -0.1) is 0 Å². The first-order valence-electron chi connectivity index (χ1n) is 7.95. The molecule has 1 aliphatic carbocycles. The van der Waals surface area contributed by atoms with Gasteiger partial charge in [0.05, 0.1) is 5.92 Å². The van der Waals surface area contributed by atoms with Gasteiger partial charge in [0.15, 0.2) is 0 Å². The number of benzene rings is 1. The molecule has 0 spiro atoms. The summed E-state index contributed by atoms with van der Waals surface area (Å²) in [4.78, 5) is 26.2. The Bertz CT molecular complexity index is 552. The summed E-state index contributed by atoms with van der Waals surface area (Å²) in [6.07, 6.45) is 4.79. The number of likely N-dealkylation sites (tertiary alicyclic amines) is 1. The molecule has 0 aromatic heterocycles. The van der Waals surface area contributed by atoms with Crippen LogP contribution in [0.3, 0.4) is 0 Å². The Balaban J connectivity index is 1.52. The van der Waals surface area contributed by atoms with E-state index in [-0.39, 0.29) is 23.5 Å². The molecule has 3 rings (SSSR count). The molecule has 1 N–H and O–H groups in total. The van der Waals surface area contributed by atoms with E-state index in [1.165, 1.54) is 25.0 Å². The molecule has 1 atom stereocenters. The molecule has 118 valence electrons. The molecule has 0 unspecified atom stereocenters. The molecule has 0 bridgehead atoms. The van der Waals surface area contributed by atoms with E-state index in [0.717, 1.165) is 18.4 Å². The Morgan fingerprint density at radius 1 is 1.23 bits per heavy atom. The molecule has 1 aromatic rings. The van der Waals surface area contributed by atoms with Crippen molar-refractivity contribution in [1.82, 2.24) is 10.2 Å². The van der Waals surface area contributed by atoms with E-state index in [1.807, 2.05) is 4.90 Å². The van der Waals surface area contributed by atoms with Gasteiger partial charge in [-0.1, -0.05) is 25.0 Å². The smallest absolute Gasteiger partial charge is 0.225 e. The molecule has 5 heteroatoms. The first kappa shape index (κ1) is 15.0. The van der Waals surface area contributed by atoms with Gasteiger partial charge in [-0.05, 0) is 30.5 Å². The molecular weight excluding hydrogens is 283 g/mol. The van der Waals surface area contributed by atoms with Gasteiger partial charge in [-0.3, -0.25) is 9.59 Å². The second-order valence-electron chi connectivity index (χ2n) is 6.23. The molecule has 1 heterocycles. The van der Waals surface area contributed by atoms with Gasteiger partial charge in [0.25, 0.3) is 0 Å². The summed E-state index contributed by atoms with van der Waals surface area (Å²) in [7, 11) is 0. The number of nitrogens with one attached hydrogen (secondary N) is 1. The molecule has 1 saturated heterocycles. The minimum absolute atomic E-state index is 0.0850. The summed E-state index contributed by atoms with van der Waals surface area (Å²) in [5.74, 6) is -0.524. The zero-order valence-corrected chi connectivity index (χ0v) is 12.6. The number of carbonyl (C=O) groups is 2. The topological polar surface area (TPSA) is 49.4 Å². The molecule has 0 radical (unpaired) electrons. The van der Waals surface area contributed by atoms with Crippen LogP contribution in [0.4, 0.5) is 4.39 Å². The summed E-state index contributed by atoms with van der Waals surface area (Å²) in [6, 6.07) is 6.40. The van der Waals surface area contributed by atoms with Crippen LogP contribution in [-0.2, 0) is 16.1 Å². The lowest BCUT2D eigenvalue weighted by Gasteiger charge is -2.23. The van der Waals surface area contributed by atoms with Crippen molar-refractivity contribution < 1.29 is 14.0 Å². The fourth-order valence-electron chi connectivity index (χ4n) is 3.41. The maximum Gasteiger partial charge on any atom is 0.225 e. The normalized spacial score (nSPS) is 22.3. The van der Waals surface area contributed by atoms with Crippen molar-refractivity contribution >= 4 is 11.8 Å². The second-order valence-corrected chi connectivity index (χ2v) is 6.23.